The summed E-state index contributed by atoms with van der Waals surface area (Å²) in [6.07, 6.45) is 19.6. The van der Waals surface area contributed by atoms with E-state index in [1.54, 1.807) is 0 Å². The molecule has 33 heavy (non-hydrogen) atoms. The summed E-state index contributed by atoms with van der Waals surface area (Å²) in [6, 6.07) is 4.32. The largest absolute Gasteiger partial charge is 0.265 e. The fourth-order valence-corrected chi connectivity index (χ4v) is 4.73. The molecule has 0 atom stereocenters. The fourth-order valence-electron chi connectivity index (χ4n) is 4.73. The molecule has 0 unspecified atom stereocenters. The van der Waals surface area contributed by atoms with Crippen LogP contribution >= 0.6 is 0 Å². The molecule has 2 aromatic heterocycles. The van der Waals surface area contributed by atoms with E-state index in [-0.39, 0.29) is 0 Å². The molecule has 0 aliphatic heterocycles. The molecule has 2 heterocycles. The van der Waals surface area contributed by atoms with E-state index < -0.39 is 0 Å². The average Bonchev–Trinajstić information content (AvgIpc) is 3.26. The van der Waals surface area contributed by atoms with Crippen LogP contribution in [0.25, 0.3) is 0 Å². The Morgan fingerprint density at radius 2 is 0.939 bits per heavy atom. The van der Waals surface area contributed by atoms with Crippen molar-refractivity contribution in [3.05, 3.63) is 34.9 Å². The Morgan fingerprint density at radius 1 is 0.576 bits per heavy atom. The van der Waals surface area contributed by atoms with Gasteiger partial charge >= 0.3 is 0 Å². The van der Waals surface area contributed by atoms with Crippen molar-refractivity contribution >= 4 is 0 Å². The van der Waals surface area contributed by atoms with E-state index in [1.165, 1.54) is 101 Å². The summed E-state index contributed by atoms with van der Waals surface area (Å²) in [6.45, 7) is 13.5. The summed E-state index contributed by atoms with van der Waals surface area (Å²) in [5, 5.41) is 9.36. The van der Waals surface area contributed by atoms with Gasteiger partial charge in [-0.1, -0.05) is 90.4 Å². The number of rotatable bonds is 19. The number of hydrogen-bond acceptors (Lipinski definition) is 3. The van der Waals surface area contributed by atoms with Crippen molar-refractivity contribution in [3.63, 3.8) is 0 Å². The fraction of sp³-hybridized carbons (Fsp3) is 0.786. The minimum Gasteiger partial charge on any atom is -0.265 e. The van der Waals surface area contributed by atoms with E-state index in [2.05, 4.69) is 71.2 Å². The summed E-state index contributed by atoms with van der Waals surface area (Å²) >= 11 is 0. The molecule has 0 fully saturated rings. The van der Waals surface area contributed by atoms with Gasteiger partial charge in [0.25, 0.3) is 0 Å². The first-order valence-electron chi connectivity index (χ1n) is 13.7. The van der Waals surface area contributed by atoms with Gasteiger partial charge in [0.15, 0.2) is 0 Å². The van der Waals surface area contributed by atoms with Crippen molar-refractivity contribution in [2.75, 3.05) is 6.54 Å². The monoisotopic (exact) mass is 457 g/mol. The maximum absolute atomic E-state index is 4.68. The molecule has 0 aromatic carbocycles. The Kier molecular flexibility index (Phi) is 13.5. The first kappa shape index (κ1) is 27.6. The molecule has 0 saturated heterocycles. The van der Waals surface area contributed by atoms with Crippen LogP contribution in [0, 0.1) is 27.7 Å². The highest BCUT2D eigenvalue weighted by atomic mass is 15.4. The molecule has 2 rings (SSSR count). The molecule has 0 aliphatic rings. The van der Waals surface area contributed by atoms with Gasteiger partial charge in [0.05, 0.1) is 24.7 Å². The van der Waals surface area contributed by atoms with Gasteiger partial charge in [-0.2, -0.15) is 10.2 Å². The predicted molar refractivity (Wildman–Crippen MR) is 140 cm³/mol. The second-order valence-corrected chi connectivity index (χ2v) is 10.1. The molecule has 0 bridgehead atoms. The number of hydrogen-bond donors (Lipinski definition) is 0. The van der Waals surface area contributed by atoms with Gasteiger partial charge < -0.3 is 0 Å². The van der Waals surface area contributed by atoms with Crippen LogP contribution in [0.2, 0.25) is 0 Å². The van der Waals surface area contributed by atoms with Gasteiger partial charge in [-0.3, -0.25) is 14.3 Å². The Bertz CT molecular complexity index is 712. The Labute approximate surface area is 203 Å². The summed E-state index contributed by atoms with van der Waals surface area (Å²) in [4.78, 5) is 2.49. The van der Waals surface area contributed by atoms with Gasteiger partial charge in [-0.05, 0) is 46.2 Å². The van der Waals surface area contributed by atoms with Crippen LogP contribution in [0.15, 0.2) is 12.1 Å². The quantitative estimate of drug-likeness (QED) is 0.203. The third kappa shape index (κ3) is 11.4. The molecule has 0 amide bonds. The normalized spacial score (nSPS) is 11.7. The van der Waals surface area contributed by atoms with Crippen molar-refractivity contribution in [1.29, 1.82) is 0 Å². The molecule has 0 saturated carbocycles. The first-order valence-corrected chi connectivity index (χ1v) is 13.7. The molecule has 188 valence electrons. The zero-order valence-corrected chi connectivity index (χ0v) is 22.4. The van der Waals surface area contributed by atoms with E-state index in [9.17, 15) is 0 Å². The van der Waals surface area contributed by atoms with Crippen LogP contribution in [-0.2, 0) is 13.3 Å². The lowest BCUT2D eigenvalue weighted by Crippen LogP contribution is -2.31. The standard InChI is InChI=1S/C28H51N5/c1-6-7-8-9-10-11-12-13-14-15-16-17-18-19-20-31(23-32-27(4)21-25(2)29-32)24-33-28(5)22-26(3)30-33/h21-22H,6-20,23-24H2,1-5H3. The third-order valence-corrected chi connectivity index (χ3v) is 6.70. The van der Waals surface area contributed by atoms with Crippen LogP contribution in [0.3, 0.4) is 0 Å². The molecule has 5 heteroatoms. The minimum absolute atomic E-state index is 0.830. The Morgan fingerprint density at radius 3 is 1.27 bits per heavy atom. The number of unbranched alkanes of at least 4 members (excludes halogenated alkanes) is 13. The second-order valence-electron chi connectivity index (χ2n) is 10.1. The predicted octanol–water partition coefficient (Wildman–Crippen LogP) is 7.71. The number of nitrogens with zero attached hydrogens (tertiary/aromatic N) is 5. The molecule has 0 aliphatic carbocycles. The summed E-state index contributed by atoms with van der Waals surface area (Å²) < 4.78 is 4.26. The highest BCUT2D eigenvalue weighted by molar-refractivity contribution is 5.07. The summed E-state index contributed by atoms with van der Waals surface area (Å²) in [5.41, 5.74) is 4.64. The van der Waals surface area contributed by atoms with Crippen molar-refractivity contribution < 1.29 is 0 Å². The summed E-state index contributed by atoms with van der Waals surface area (Å²) in [7, 11) is 0. The lowest BCUT2D eigenvalue weighted by atomic mass is 10.0. The second kappa shape index (κ2) is 16.1. The van der Waals surface area contributed by atoms with E-state index in [1.807, 2.05) is 0 Å². The van der Waals surface area contributed by atoms with Gasteiger partial charge in [0.2, 0.25) is 0 Å². The van der Waals surface area contributed by atoms with Crippen LogP contribution in [-0.4, -0.2) is 31.0 Å². The SMILES string of the molecule is CCCCCCCCCCCCCCCCN(Cn1nc(C)cc1C)Cn1nc(C)cc1C. The number of aromatic nitrogens is 4. The first-order chi connectivity index (χ1) is 16.0. The van der Waals surface area contributed by atoms with E-state index in [0.717, 1.165) is 31.3 Å². The highest BCUT2D eigenvalue weighted by Gasteiger charge is 2.11. The van der Waals surface area contributed by atoms with Crippen molar-refractivity contribution in [2.45, 2.75) is 138 Å². The topological polar surface area (TPSA) is 38.9 Å². The van der Waals surface area contributed by atoms with Crippen molar-refractivity contribution in [3.8, 4) is 0 Å². The van der Waals surface area contributed by atoms with E-state index in [4.69, 9.17) is 0 Å². The molecular weight excluding hydrogens is 406 g/mol. The van der Waals surface area contributed by atoms with Crippen LogP contribution in [0.4, 0.5) is 0 Å². The van der Waals surface area contributed by atoms with Crippen LogP contribution < -0.4 is 0 Å². The number of aryl methyl sites for hydroxylation is 4. The molecule has 0 spiro atoms. The zero-order valence-electron chi connectivity index (χ0n) is 22.4. The molecular formula is C28H51N5. The third-order valence-electron chi connectivity index (χ3n) is 6.70. The molecule has 5 nitrogen and oxygen atoms in total. The zero-order chi connectivity index (χ0) is 23.9. The minimum atomic E-state index is 0.830. The maximum Gasteiger partial charge on any atom is 0.0946 e. The van der Waals surface area contributed by atoms with Crippen LogP contribution in [0.1, 0.15) is 120 Å². The maximum atomic E-state index is 4.68. The van der Waals surface area contributed by atoms with Crippen LogP contribution in [0.5, 0.6) is 0 Å². The van der Waals surface area contributed by atoms with E-state index in [0.29, 0.717) is 0 Å². The molecule has 0 radical (unpaired) electrons. The van der Waals surface area contributed by atoms with Gasteiger partial charge in [0.1, 0.15) is 0 Å². The van der Waals surface area contributed by atoms with Gasteiger partial charge in [0, 0.05) is 17.9 Å². The van der Waals surface area contributed by atoms with Crippen molar-refractivity contribution in [1.82, 2.24) is 24.5 Å². The van der Waals surface area contributed by atoms with Gasteiger partial charge in [-0.25, -0.2) is 0 Å². The summed E-state index contributed by atoms with van der Waals surface area (Å²) in [5.74, 6) is 0. The lowest BCUT2D eigenvalue weighted by molar-refractivity contribution is 0.146. The van der Waals surface area contributed by atoms with Crippen molar-refractivity contribution in [2.24, 2.45) is 0 Å². The molecule has 2 aromatic rings. The Balaban J connectivity index is 1.61. The Hall–Kier alpha value is -1.62. The highest BCUT2D eigenvalue weighted by Crippen LogP contribution is 2.14. The average molecular weight is 458 g/mol. The smallest absolute Gasteiger partial charge is 0.0946 e. The molecule has 0 N–H and O–H groups in total. The van der Waals surface area contributed by atoms with E-state index >= 15 is 0 Å². The lowest BCUT2D eigenvalue weighted by Gasteiger charge is -2.23. The van der Waals surface area contributed by atoms with Gasteiger partial charge in [-0.15, -0.1) is 0 Å².